The number of aliphatic hydroxyl groups is 1. The SMILES string of the molecule is O=C(NCC(O)c1ccco1)c1cc(-c2cccnc2)on1. The summed E-state index contributed by atoms with van der Waals surface area (Å²) in [6.45, 7) is 0.0153. The van der Waals surface area contributed by atoms with Gasteiger partial charge < -0.3 is 19.4 Å². The minimum absolute atomic E-state index is 0.0153. The minimum atomic E-state index is -0.913. The Morgan fingerprint density at radius 1 is 1.36 bits per heavy atom. The van der Waals surface area contributed by atoms with E-state index in [0.29, 0.717) is 11.5 Å². The van der Waals surface area contributed by atoms with Gasteiger partial charge in [0.05, 0.1) is 12.8 Å². The van der Waals surface area contributed by atoms with Crippen molar-refractivity contribution in [1.29, 1.82) is 0 Å². The Hall–Kier alpha value is -2.93. The first-order valence-corrected chi connectivity index (χ1v) is 6.61. The summed E-state index contributed by atoms with van der Waals surface area (Å²) < 4.78 is 10.2. The Morgan fingerprint density at radius 3 is 3.00 bits per heavy atom. The van der Waals surface area contributed by atoms with Gasteiger partial charge in [0.2, 0.25) is 0 Å². The fourth-order valence-electron chi connectivity index (χ4n) is 1.89. The van der Waals surface area contributed by atoms with Gasteiger partial charge in [0.15, 0.2) is 11.5 Å². The van der Waals surface area contributed by atoms with E-state index in [1.165, 1.54) is 12.3 Å². The molecule has 0 saturated heterocycles. The van der Waals surface area contributed by atoms with E-state index >= 15 is 0 Å². The van der Waals surface area contributed by atoms with Crippen LogP contribution in [0.2, 0.25) is 0 Å². The van der Waals surface area contributed by atoms with Crippen molar-refractivity contribution in [2.45, 2.75) is 6.10 Å². The molecule has 2 N–H and O–H groups in total. The average molecular weight is 299 g/mol. The van der Waals surface area contributed by atoms with Crippen LogP contribution >= 0.6 is 0 Å². The van der Waals surface area contributed by atoms with Crippen molar-refractivity contribution in [3.05, 3.63) is 60.4 Å². The highest BCUT2D eigenvalue weighted by Crippen LogP contribution is 2.19. The third-order valence-electron chi connectivity index (χ3n) is 3.02. The molecule has 0 aliphatic carbocycles. The summed E-state index contributed by atoms with van der Waals surface area (Å²) in [6, 6.07) is 8.38. The third kappa shape index (κ3) is 3.04. The summed E-state index contributed by atoms with van der Waals surface area (Å²) in [6.07, 6.45) is 3.80. The predicted molar refractivity (Wildman–Crippen MR) is 75.7 cm³/mol. The van der Waals surface area contributed by atoms with Crippen LogP contribution in [0.15, 0.2) is 57.9 Å². The molecule has 0 fully saturated rings. The molecule has 3 aromatic rings. The zero-order chi connectivity index (χ0) is 15.4. The monoisotopic (exact) mass is 299 g/mol. The first kappa shape index (κ1) is 14.0. The molecule has 0 radical (unpaired) electrons. The second-order valence-electron chi connectivity index (χ2n) is 4.56. The summed E-state index contributed by atoms with van der Waals surface area (Å²) >= 11 is 0. The van der Waals surface area contributed by atoms with Gasteiger partial charge in [-0.1, -0.05) is 5.16 Å². The van der Waals surface area contributed by atoms with Gasteiger partial charge in [-0.2, -0.15) is 0 Å². The largest absolute Gasteiger partial charge is 0.467 e. The lowest BCUT2D eigenvalue weighted by molar-refractivity contribution is 0.0892. The Balaban J connectivity index is 1.62. The van der Waals surface area contributed by atoms with Gasteiger partial charge in [-0.25, -0.2) is 0 Å². The van der Waals surface area contributed by atoms with Gasteiger partial charge in [0.25, 0.3) is 5.91 Å². The second kappa shape index (κ2) is 6.23. The van der Waals surface area contributed by atoms with E-state index in [4.69, 9.17) is 8.94 Å². The fraction of sp³-hybridized carbons (Fsp3) is 0.133. The van der Waals surface area contributed by atoms with Crippen molar-refractivity contribution in [3.8, 4) is 11.3 Å². The first-order chi connectivity index (χ1) is 10.7. The number of rotatable bonds is 5. The maximum Gasteiger partial charge on any atom is 0.273 e. The molecule has 0 bridgehead atoms. The molecule has 112 valence electrons. The number of amides is 1. The second-order valence-corrected chi connectivity index (χ2v) is 4.56. The molecule has 0 aromatic carbocycles. The molecular formula is C15H13N3O4. The number of hydrogen-bond donors (Lipinski definition) is 2. The van der Waals surface area contributed by atoms with Crippen LogP contribution in [0.3, 0.4) is 0 Å². The van der Waals surface area contributed by atoms with Gasteiger partial charge in [-0.15, -0.1) is 0 Å². The molecule has 1 atom stereocenters. The number of nitrogens with one attached hydrogen (secondary N) is 1. The molecule has 3 aromatic heterocycles. The maximum absolute atomic E-state index is 12.0. The number of aromatic nitrogens is 2. The normalized spacial score (nSPS) is 12.0. The molecular weight excluding hydrogens is 286 g/mol. The van der Waals surface area contributed by atoms with Crippen molar-refractivity contribution in [3.63, 3.8) is 0 Å². The van der Waals surface area contributed by atoms with E-state index in [1.54, 1.807) is 36.7 Å². The van der Waals surface area contributed by atoms with Crippen LogP contribution in [0.4, 0.5) is 0 Å². The first-order valence-electron chi connectivity index (χ1n) is 6.61. The lowest BCUT2D eigenvalue weighted by Gasteiger charge is -2.07. The van der Waals surface area contributed by atoms with Crippen molar-refractivity contribution in [2.24, 2.45) is 0 Å². The summed E-state index contributed by atoms with van der Waals surface area (Å²) in [5.74, 6) is 0.394. The standard InChI is InChI=1S/C15H13N3O4/c19-12(13-4-2-6-21-13)9-17-15(20)11-7-14(22-18-11)10-3-1-5-16-8-10/h1-8,12,19H,9H2,(H,17,20). The van der Waals surface area contributed by atoms with Crippen molar-refractivity contribution < 1.29 is 18.8 Å². The number of pyridine rings is 1. The molecule has 22 heavy (non-hydrogen) atoms. The van der Waals surface area contributed by atoms with Crippen molar-refractivity contribution in [1.82, 2.24) is 15.5 Å². The van der Waals surface area contributed by atoms with Crippen molar-refractivity contribution in [2.75, 3.05) is 6.54 Å². The number of carbonyl (C=O) groups excluding carboxylic acids is 1. The van der Waals surface area contributed by atoms with E-state index in [2.05, 4.69) is 15.5 Å². The Kier molecular flexibility index (Phi) is 3.97. The molecule has 1 unspecified atom stereocenters. The van der Waals surface area contributed by atoms with E-state index in [-0.39, 0.29) is 12.2 Å². The molecule has 0 saturated carbocycles. The van der Waals surface area contributed by atoms with E-state index < -0.39 is 12.0 Å². The predicted octanol–water partition coefficient (Wildman–Crippen LogP) is 1.79. The molecule has 7 heteroatoms. The van der Waals surface area contributed by atoms with Gasteiger partial charge in [-0.05, 0) is 24.3 Å². The summed E-state index contributed by atoms with van der Waals surface area (Å²) in [5.41, 5.74) is 0.857. The topological polar surface area (TPSA) is 101 Å². The lowest BCUT2D eigenvalue weighted by atomic mass is 10.2. The van der Waals surface area contributed by atoms with Crippen molar-refractivity contribution >= 4 is 5.91 Å². The highest BCUT2D eigenvalue weighted by atomic mass is 16.5. The van der Waals surface area contributed by atoms with E-state index in [1.807, 2.05) is 0 Å². The van der Waals surface area contributed by atoms with Crippen LogP contribution in [0.5, 0.6) is 0 Å². The smallest absolute Gasteiger partial charge is 0.273 e. The molecule has 3 rings (SSSR count). The van der Waals surface area contributed by atoms with Gasteiger partial charge >= 0.3 is 0 Å². The molecule has 3 heterocycles. The van der Waals surface area contributed by atoms with Gasteiger partial charge in [-0.3, -0.25) is 9.78 Å². The Morgan fingerprint density at radius 2 is 2.27 bits per heavy atom. The molecule has 7 nitrogen and oxygen atoms in total. The van der Waals surface area contributed by atoms with Crippen LogP contribution < -0.4 is 5.32 Å². The van der Waals surface area contributed by atoms with Gasteiger partial charge in [0.1, 0.15) is 11.9 Å². The third-order valence-corrected chi connectivity index (χ3v) is 3.02. The number of furan rings is 1. The van der Waals surface area contributed by atoms with Crippen LogP contribution in [-0.2, 0) is 0 Å². The van der Waals surface area contributed by atoms with E-state index in [0.717, 1.165) is 5.56 Å². The molecule has 0 spiro atoms. The van der Waals surface area contributed by atoms with Crippen LogP contribution in [0, 0.1) is 0 Å². The molecule has 0 aliphatic rings. The summed E-state index contributed by atoms with van der Waals surface area (Å²) in [7, 11) is 0. The van der Waals surface area contributed by atoms with E-state index in [9.17, 15) is 9.90 Å². The van der Waals surface area contributed by atoms with Crippen LogP contribution in [0.1, 0.15) is 22.4 Å². The summed E-state index contributed by atoms with van der Waals surface area (Å²) in [5, 5.41) is 16.1. The lowest BCUT2D eigenvalue weighted by Crippen LogP contribution is -2.28. The molecule has 1 amide bonds. The van der Waals surface area contributed by atoms with Crippen LogP contribution in [0.25, 0.3) is 11.3 Å². The minimum Gasteiger partial charge on any atom is -0.467 e. The Bertz CT molecular complexity index is 737. The van der Waals surface area contributed by atoms with Gasteiger partial charge in [0, 0.05) is 24.0 Å². The number of aliphatic hydroxyl groups excluding tert-OH is 1. The zero-order valence-corrected chi connectivity index (χ0v) is 11.5. The average Bonchev–Trinajstić information content (AvgIpc) is 3.24. The fourth-order valence-corrected chi connectivity index (χ4v) is 1.89. The number of nitrogens with zero attached hydrogens (tertiary/aromatic N) is 2. The maximum atomic E-state index is 12.0. The number of carbonyl (C=O) groups is 1. The number of hydrogen-bond acceptors (Lipinski definition) is 6. The molecule has 0 aliphatic heterocycles. The van der Waals surface area contributed by atoms with Crippen LogP contribution in [-0.4, -0.2) is 27.7 Å². The Labute approximate surface area is 125 Å². The quantitative estimate of drug-likeness (QED) is 0.745. The highest BCUT2D eigenvalue weighted by Gasteiger charge is 2.16. The summed E-state index contributed by atoms with van der Waals surface area (Å²) in [4.78, 5) is 15.9. The zero-order valence-electron chi connectivity index (χ0n) is 11.5. The highest BCUT2D eigenvalue weighted by molar-refractivity contribution is 5.93.